The zero-order valence-electron chi connectivity index (χ0n) is 22.4. The second-order valence-corrected chi connectivity index (χ2v) is 12.1. The number of anilines is 2. The van der Waals surface area contributed by atoms with E-state index in [1.54, 1.807) is 0 Å². The Hall–Kier alpha value is -2.95. The van der Waals surface area contributed by atoms with Gasteiger partial charge in [-0.2, -0.15) is 4.98 Å². The van der Waals surface area contributed by atoms with Crippen LogP contribution in [0.1, 0.15) is 71.6 Å². The van der Waals surface area contributed by atoms with E-state index in [4.69, 9.17) is 24.2 Å². The van der Waals surface area contributed by atoms with Crippen molar-refractivity contribution in [1.29, 1.82) is 0 Å². The summed E-state index contributed by atoms with van der Waals surface area (Å²) in [5.41, 5.74) is 1.58. The molecule has 0 amide bonds. The Bertz CT molecular complexity index is 1340. The lowest BCUT2D eigenvalue weighted by Gasteiger charge is -2.36. The number of imidazole rings is 1. The van der Waals surface area contributed by atoms with Gasteiger partial charge >= 0.3 is 5.76 Å². The van der Waals surface area contributed by atoms with E-state index in [-0.39, 0.29) is 11.9 Å². The van der Waals surface area contributed by atoms with Crippen molar-refractivity contribution in [1.82, 2.24) is 29.7 Å². The van der Waals surface area contributed by atoms with Gasteiger partial charge in [0.05, 0.1) is 25.3 Å². The van der Waals surface area contributed by atoms with E-state index in [1.807, 2.05) is 0 Å². The minimum absolute atomic E-state index is 0.222. The number of hydrogen-bond acceptors (Lipinski definition) is 9. The first-order valence-corrected chi connectivity index (χ1v) is 14.5. The van der Waals surface area contributed by atoms with Crippen molar-refractivity contribution in [2.45, 2.75) is 96.3 Å². The molecule has 2 saturated carbocycles. The van der Waals surface area contributed by atoms with Gasteiger partial charge in [-0.05, 0) is 63.2 Å². The lowest BCUT2D eigenvalue weighted by molar-refractivity contribution is 0.0892. The molecule has 11 heteroatoms. The van der Waals surface area contributed by atoms with Crippen molar-refractivity contribution >= 4 is 22.9 Å². The molecule has 2 aliphatic carbocycles. The van der Waals surface area contributed by atoms with Crippen LogP contribution in [0.2, 0.25) is 0 Å². The Labute approximate surface area is 221 Å². The van der Waals surface area contributed by atoms with Gasteiger partial charge in [0.25, 0.3) is 0 Å². The number of nitrogens with zero attached hydrogens (tertiary/aromatic N) is 6. The number of morpholine rings is 1. The highest BCUT2D eigenvalue weighted by Gasteiger charge is 2.41. The van der Waals surface area contributed by atoms with Crippen LogP contribution in [-0.2, 0) is 11.3 Å². The average molecular weight is 523 g/mol. The predicted octanol–water partition coefficient (Wildman–Crippen LogP) is 3.96. The van der Waals surface area contributed by atoms with Crippen molar-refractivity contribution in [3.05, 3.63) is 10.6 Å². The fourth-order valence-electron chi connectivity index (χ4n) is 6.93. The number of ether oxygens (including phenoxy) is 1. The maximum atomic E-state index is 11.7. The molecule has 0 radical (unpaired) electrons. The number of aromatic nitrogens is 6. The molecule has 3 aromatic rings. The lowest BCUT2D eigenvalue weighted by atomic mass is 9.80. The molecule has 4 aliphatic rings. The van der Waals surface area contributed by atoms with Crippen LogP contribution in [0, 0.1) is 17.8 Å². The van der Waals surface area contributed by atoms with E-state index >= 15 is 0 Å². The van der Waals surface area contributed by atoms with Gasteiger partial charge < -0.3 is 19.5 Å². The number of hydrogen-bond donors (Lipinski definition) is 2. The Morgan fingerprint density at radius 3 is 2.45 bits per heavy atom. The smallest absolute Gasteiger partial charge is 0.377 e. The highest BCUT2D eigenvalue weighted by atomic mass is 16.5. The standard InChI is InChI=1S/C27H38N8O3/c1-15-6-8-17(9-7-15)12-34-21-22(28-16(2)18-4-3-5-18)29-24(25-32-27(36)38-33-25)30-23(21)31-26(34)35-19-10-11-20(35)14-37-13-19/h15-20H,3-14H2,1-2H3,(H,28,29,30)(H,32,33,36)/t15?,16-,17?,19?,20?/m1/s1. The van der Waals surface area contributed by atoms with Gasteiger partial charge in [-0.15, -0.1) is 0 Å². The number of H-pyrrole nitrogens is 1. The molecular formula is C27H38N8O3. The molecule has 11 nitrogen and oxygen atoms in total. The minimum Gasteiger partial charge on any atom is -0.377 e. The molecule has 2 saturated heterocycles. The molecule has 3 aromatic heterocycles. The van der Waals surface area contributed by atoms with Crippen molar-refractivity contribution in [3.8, 4) is 11.6 Å². The van der Waals surface area contributed by atoms with Gasteiger partial charge in [-0.25, -0.2) is 14.8 Å². The second-order valence-electron chi connectivity index (χ2n) is 12.1. The molecular weight excluding hydrogens is 484 g/mol. The number of nitrogens with one attached hydrogen (secondary N) is 2. The molecule has 2 unspecified atom stereocenters. The van der Waals surface area contributed by atoms with E-state index in [0.29, 0.717) is 35.4 Å². The summed E-state index contributed by atoms with van der Waals surface area (Å²) < 4.78 is 13.1. The molecule has 4 fully saturated rings. The molecule has 7 rings (SSSR count). The molecule has 0 spiro atoms. The monoisotopic (exact) mass is 522 g/mol. The molecule has 3 atom stereocenters. The van der Waals surface area contributed by atoms with E-state index in [1.165, 1.54) is 44.9 Å². The third-order valence-corrected chi connectivity index (χ3v) is 9.50. The van der Waals surface area contributed by atoms with Crippen LogP contribution in [0.4, 0.5) is 11.8 Å². The summed E-state index contributed by atoms with van der Waals surface area (Å²) in [5, 5.41) is 7.61. The van der Waals surface area contributed by atoms with E-state index in [2.05, 4.69) is 38.8 Å². The fourth-order valence-corrected chi connectivity index (χ4v) is 6.93. The van der Waals surface area contributed by atoms with Crippen LogP contribution in [0.5, 0.6) is 0 Å². The first kappa shape index (κ1) is 24.1. The summed E-state index contributed by atoms with van der Waals surface area (Å²) >= 11 is 0. The third-order valence-electron chi connectivity index (χ3n) is 9.50. The summed E-state index contributed by atoms with van der Waals surface area (Å²) in [5.74, 6) is 3.69. The Kier molecular flexibility index (Phi) is 6.13. The molecule has 204 valence electrons. The van der Waals surface area contributed by atoms with Gasteiger partial charge in [0.1, 0.15) is 5.52 Å². The quantitative estimate of drug-likeness (QED) is 0.474. The van der Waals surface area contributed by atoms with Crippen molar-refractivity contribution < 1.29 is 9.26 Å². The van der Waals surface area contributed by atoms with E-state index < -0.39 is 5.76 Å². The van der Waals surface area contributed by atoms with Crippen LogP contribution in [-0.4, -0.2) is 61.0 Å². The van der Waals surface area contributed by atoms with Gasteiger partial charge in [-0.3, -0.25) is 9.51 Å². The number of aromatic amines is 1. The Morgan fingerprint density at radius 2 is 1.79 bits per heavy atom. The van der Waals surface area contributed by atoms with Crippen LogP contribution >= 0.6 is 0 Å². The van der Waals surface area contributed by atoms with Gasteiger partial charge in [-0.1, -0.05) is 31.3 Å². The molecule has 2 bridgehead atoms. The lowest BCUT2D eigenvalue weighted by Crippen LogP contribution is -2.47. The van der Waals surface area contributed by atoms with Crippen LogP contribution in [0.15, 0.2) is 9.32 Å². The first-order chi connectivity index (χ1) is 18.5. The SMILES string of the molecule is CC1CCC(Cn2c(N3C4CCC3COC4)nc3nc(-c4noc(=O)[nH]4)nc(N[C@H](C)C4CCC4)c32)CC1. The van der Waals surface area contributed by atoms with E-state index in [9.17, 15) is 4.79 Å². The van der Waals surface area contributed by atoms with Crippen molar-refractivity contribution in [2.24, 2.45) is 17.8 Å². The second kappa shape index (κ2) is 9.66. The maximum Gasteiger partial charge on any atom is 0.439 e. The predicted molar refractivity (Wildman–Crippen MR) is 143 cm³/mol. The Balaban J connectivity index is 1.37. The summed E-state index contributed by atoms with van der Waals surface area (Å²) in [4.78, 5) is 31.8. The van der Waals surface area contributed by atoms with Gasteiger partial charge in [0.2, 0.25) is 17.6 Å². The van der Waals surface area contributed by atoms with Crippen LogP contribution in [0.3, 0.4) is 0 Å². The zero-order chi connectivity index (χ0) is 25.8. The Morgan fingerprint density at radius 1 is 1.03 bits per heavy atom. The van der Waals surface area contributed by atoms with Crippen molar-refractivity contribution in [2.75, 3.05) is 23.4 Å². The molecule has 5 heterocycles. The minimum atomic E-state index is -0.622. The number of rotatable bonds is 7. The van der Waals surface area contributed by atoms with Crippen LogP contribution < -0.4 is 16.0 Å². The zero-order valence-corrected chi connectivity index (χ0v) is 22.4. The largest absolute Gasteiger partial charge is 0.439 e. The van der Waals surface area contributed by atoms with Crippen LogP contribution in [0.25, 0.3) is 22.8 Å². The normalized spacial score (nSPS) is 28.5. The summed E-state index contributed by atoms with van der Waals surface area (Å²) in [7, 11) is 0. The van der Waals surface area contributed by atoms with Crippen molar-refractivity contribution in [3.63, 3.8) is 0 Å². The fraction of sp³-hybridized carbons (Fsp3) is 0.741. The number of fused-ring (bicyclic) bond motifs is 3. The molecule has 38 heavy (non-hydrogen) atoms. The molecule has 0 aromatic carbocycles. The van der Waals surface area contributed by atoms with Gasteiger partial charge in [0.15, 0.2) is 11.5 Å². The summed E-state index contributed by atoms with van der Waals surface area (Å²) in [6.07, 6.45) is 11.0. The van der Waals surface area contributed by atoms with E-state index in [0.717, 1.165) is 55.8 Å². The highest BCUT2D eigenvalue weighted by molar-refractivity contribution is 5.87. The highest BCUT2D eigenvalue weighted by Crippen LogP contribution is 2.40. The molecule has 2 aliphatic heterocycles. The average Bonchev–Trinajstić information content (AvgIpc) is 3.52. The third kappa shape index (κ3) is 4.28. The van der Waals surface area contributed by atoms with Gasteiger partial charge in [0, 0.05) is 12.6 Å². The summed E-state index contributed by atoms with van der Waals surface area (Å²) in [6, 6.07) is 0.939. The summed E-state index contributed by atoms with van der Waals surface area (Å²) in [6.45, 7) is 6.99. The first-order valence-electron chi connectivity index (χ1n) is 14.5. The molecule has 2 N–H and O–H groups in total. The topological polar surface area (TPSA) is 127 Å². The maximum absolute atomic E-state index is 11.7.